The molecule has 1 aromatic rings. The van der Waals surface area contributed by atoms with Gasteiger partial charge in [0.15, 0.2) is 0 Å². The zero-order valence-electron chi connectivity index (χ0n) is 17.1. The Labute approximate surface area is 174 Å². The Kier molecular flexibility index (Phi) is 8.22. The van der Waals surface area contributed by atoms with Crippen molar-refractivity contribution in [2.24, 2.45) is 5.41 Å². The average molecular weight is 445 g/mol. The predicted molar refractivity (Wildman–Crippen MR) is 107 cm³/mol. The monoisotopic (exact) mass is 445 g/mol. The quantitative estimate of drug-likeness (QED) is 0.312. The van der Waals surface area contributed by atoms with E-state index in [2.05, 4.69) is 15.4 Å². The van der Waals surface area contributed by atoms with Gasteiger partial charge in [-0.05, 0) is 0 Å². The maximum atomic E-state index is 12.6. The van der Waals surface area contributed by atoms with Crippen LogP contribution in [0.2, 0.25) is 0 Å². The van der Waals surface area contributed by atoms with Crippen molar-refractivity contribution in [3.05, 3.63) is 30.1 Å². The summed E-state index contributed by atoms with van der Waals surface area (Å²) in [5.41, 5.74) is 0.0198. The fourth-order valence-electron chi connectivity index (χ4n) is 2.63. The van der Waals surface area contributed by atoms with E-state index >= 15 is 0 Å². The Bertz CT molecular complexity index is 763. The standard InChI is InChI=1S/C18H28N3O8P/c1-12(17(24)25)21-30(26)28-11-18(2,3)15(29-30)16(23)20-9-6-14(22)27-10-13-4-7-19-8-5-13/h4-5,7-8,12,15,21,26,30H,6,9-11H2,1-3H3,(H,20,23)(H,24,25)/t12-,15-/m0/s1. The average Bonchev–Trinajstić information content (AvgIpc) is 2.69. The van der Waals surface area contributed by atoms with Crippen molar-refractivity contribution in [1.29, 1.82) is 0 Å². The van der Waals surface area contributed by atoms with Gasteiger partial charge in [-0.15, -0.1) is 0 Å². The molecule has 1 fully saturated rings. The van der Waals surface area contributed by atoms with Crippen molar-refractivity contribution in [3.63, 3.8) is 0 Å². The molecule has 30 heavy (non-hydrogen) atoms. The first-order valence-corrected chi connectivity index (χ1v) is 11.2. The summed E-state index contributed by atoms with van der Waals surface area (Å²) in [6, 6.07) is 2.33. The zero-order valence-corrected chi connectivity index (χ0v) is 18.1. The van der Waals surface area contributed by atoms with Gasteiger partial charge in [-0.3, -0.25) is 4.98 Å². The number of pyridine rings is 1. The molecule has 2 rings (SSSR count). The molecule has 1 amide bonds. The number of aliphatic carboxylic acids is 1. The minimum absolute atomic E-state index is 0.0128. The fraction of sp³-hybridized carbons (Fsp3) is 0.556. The van der Waals surface area contributed by atoms with Gasteiger partial charge in [0.05, 0.1) is 0 Å². The third-order valence-electron chi connectivity index (χ3n) is 4.41. The normalized spacial score (nSPS) is 21.8. The number of aromatic nitrogens is 1. The van der Waals surface area contributed by atoms with Crippen LogP contribution in [0.15, 0.2) is 24.5 Å². The molecule has 1 aliphatic heterocycles. The number of nitrogens with zero attached hydrogens (tertiary/aromatic N) is 1. The SMILES string of the molecule is C[C@H](N[PH]1(O)OCC(C)(C)[C@H](C(=O)NCCC(=O)OCc2ccncc2)O1)C(=O)O. The predicted octanol–water partition coefficient (Wildman–Crippen LogP) is 0.538. The third kappa shape index (κ3) is 6.96. The summed E-state index contributed by atoms with van der Waals surface area (Å²) in [4.78, 5) is 49.8. The van der Waals surface area contributed by atoms with Crippen molar-refractivity contribution in [2.45, 2.75) is 45.9 Å². The molecule has 0 radical (unpaired) electrons. The molecular formula is C18H28N3O8P. The van der Waals surface area contributed by atoms with Crippen LogP contribution < -0.4 is 10.4 Å². The molecule has 1 saturated heterocycles. The summed E-state index contributed by atoms with van der Waals surface area (Å²) in [6.07, 6.45) is 2.05. The number of carboxylic acid groups (broad SMARTS) is 1. The van der Waals surface area contributed by atoms with Crippen LogP contribution in [0.4, 0.5) is 0 Å². The zero-order chi connectivity index (χ0) is 22.4. The van der Waals surface area contributed by atoms with Crippen molar-refractivity contribution in [2.75, 3.05) is 13.2 Å². The number of amides is 1. The number of rotatable bonds is 9. The Morgan fingerprint density at radius 3 is 2.67 bits per heavy atom. The number of ether oxygens (including phenoxy) is 1. The molecule has 0 aromatic carbocycles. The van der Waals surface area contributed by atoms with Crippen LogP contribution >= 0.6 is 8.09 Å². The Balaban J connectivity index is 1.84. The molecule has 1 aliphatic rings. The number of hydrogen-bond acceptors (Lipinski definition) is 9. The second-order valence-electron chi connectivity index (χ2n) is 7.62. The van der Waals surface area contributed by atoms with Gasteiger partial charge < -0.3 is 0 Å². The molecule has 168 valence electrons. The second kappa shape index (κ2) is 10.2. The second-order valence-corrected chi connectivity index (χ2v) is 9.60. The van der Waals surface area contributed by atoms with Crippen molar-refractivity contribution in [3.8, 4) is 0 Å². The molecule has 0 bridgehead atoms. The van der Waals surface area contributed by atoms with Crippen LogP contribution in [0.25, 0.3) is 0 Å². The molecule has 0 unspecified atom stereocenters. The van der Waals surface area contributed by atoms with Gasteiger partial charge in [0, 0.05) is 0 Å². The van der Waals surface area contributed by atoms with Gasteiger partial charge >= 0.3 is 169 Å². The summed E-state index contributed by atoms with van der Waals surface area (Å²) in [6.45, 7) is 4.87. The molecule has 0 saturated carbocycles. The first-order chi connectivity index (χ1) is 14.0. The Morgan fingerprint density at radius 2 is 2.03 bits per heavy atom. The van der Waals surface area contributed by atoms with Crippen molar-refractivity contribution < 1.29 is 38.2 Å². The molecule has 4 N–H and O–H groups in total. The molecule has 2 atom stereocenters. The molecule has 11 nitrogen and oxygen atoms in total. The van der Waals surface area contributed by atoms with Gasteiger partial charge in [0.25, 0.3) is 0 Å². The molecule has 12 heteroatoms. The van der Waals surface area contributed by atoms with Crippen LogP contribution in [-0.4, -0.2) is 58.1 Å². The number of carbonyl (C=O) groups is 3. The maximum absolute atomic E-state index is 12.6. The molecular weight excluding hydrogens is 417 g/mol. The van der Waals surface area contributed by atoms with Crippen LogP contribution in [-0.2, 0) is 34.8 Å². The van der Waals surface area contributed by atoms with E-state index in [0.717, 1.165) is 5.56 Å². The summed E-state index contributed by atoms with van der Waals surface area (Å²) < 4.78 is 16.0. The number of carboxylic acids is 1. The number of nitrogens with one attached hydrogen (secondary N) is 2. The van der Waals surface area contributed by atoms with Crippen LogP contribution in [0.1, 0.15) is 32.8 Å². The Hall–Kier alpha value is -2.17. The van der Waals surface area contributed by atoms with Gasteiger partial charge in [-0.1, -0.05) is 0 Å². The van der Waals surface area contributed by atoms with Crippen LogP contribution in [0.3, 0.4) is 0 Å². The topological polar surface area (TPSA) is 156 Å². The molecule has 2 heterocycles. The van der Waals surface area contributed by atoms with E-state index in [1.807, 2.05) is 0 Å². The first-order valence-electron chi connectivity index (χ1n) is 9.39. The summed E-state index contributed by atoms with van der Waals surface area (Å²) in [5.74, 6) is -2.22. The van der Waals surface area contributed by atoms with Gasteiger partial charge in [0.2, 0.25) is 0 Å². The van der Waals surface area contributed by atoms with E-state index in [0.29, 0.717) is 0 Å². The van der Waals surface area contributed by atoms with Gasteiger partial charge in [0.1, 0.15) is 0 Å². The van der Waals surface area contributed by atoms with E-state index in [9.17, 15) is 19.3 Å². The van der Waals surface area contributed by atoms with Crippen molar-refractivity contribution in [1.82, 2.24) is 15.4 Å². The number of esters is 1. The van der Waals surface area contributed by atoms with E-state index in [4.69, 9.17) is 18.9 Å². The van der Waals surface area contributed by atoms with Gasteiger partial charge in [-0.25, -0.2) is 0 Å². The van der Waals surface area contributed by atoms with E-state index in [1.165, 1.54) is 6.92 Å². The fourth-order valence-corrected chi connectivity index (χ4v) is 4.83. The molecule has 0 spiro atoms. The number of hydrogen-bond donors (Lipinski definition) is 4. The van der Waals surface area contributed by atoms with E-state index in [-0.39, 0.29) is 26.2 Å². The van der Waals surface area contributed by atoms with Crippen LogP contribution in [0.5, 0.6) is 0 Å². The Morgan fingerprint density at radius 1 is 1.37 bits per heavy atom. The first kappa shape index (κ1) is 24.1. The van der Waals surface area contributed by atoms with Crippen LogP contribution in [0, 0.1) is 5.41 Å². The number of carbonyl (C=O) groups excluding carboxylic acids is 2. The summed E-state index contributed by atoms with van der Waals surface area (Å²) >= 11 is 0. The van der Waals surface area contributed by atoms with E-state index < -0.39 is 43.5 Å². The summed E-state index contributed by atoms with van der Waals surface area (Å²) in [5, 5.41) is 14.0. The third-order valence-corrected chi connectivity index (χ3v) is 6.30. The molecule has 0 aliphatic carbocycles. The minimum atomic E-state index is -4.08. The molecule has 1 aromatic heterocycles. The van der Waals surface area contributed by atoms with Crippen molar-refractivity contribution >= 4 is 25.9 Å². The van der Waals surface area contributed by atoms with Gasteiger partial charge in [-0.2, -0.15) is 0 Å². The summed E-state index contributed by atoms with van der Waals surface area (Å²) in [7, 11) is -4.08. The van der Waals surface area contributed by atoms with E-state index in [1.54, 1.807) is 38.4 Å².